The van der Waals surface area contributed by atoms with Gasteiger partial charge in [0.05, 0.1) is 0 Å². The lowest BCUT2D eigenvalue weighted by Gasteiger charge is -2.17. The first-order valence-corrected chi connectivity index (χ1v) is 6.34. The van der Waals surface area contributed by atoms with E-state index in [0.717, 1.165) is 4.47 Å². The van der Waals surface area contributed by atoms with Crippen LogP contribution >= 0.6 is 27.9 Å². The average molecular weight is 292 g/mol. The van der Waals surface area contributed by atoms with Gasteiger partial charge in [-0.3, -0.25) is 4.72 Å². The van der Waals surface area contributed by atoms with Crippen molar-refractivity contribution in [3.63, 3.8) is 0 Å². The van der Waals surface area contributed by atoms with Crippen molar-refractivity contribution in [3.05, 3.63) is 34.1 Å². The van der Waals surface area contributed by atoms with Gasteiger partial charge in [0, 0.05) is 21.3 Å². The molecule has 0 aliphatic rings. The largest absolute Gasteiger partial charge is 0.259 e. The van der Waals surface area contributed by atoms with Crippen LogP contribution in [0.15, 0.2) is 22.7 Å². The molecule has 1 rings (SSSR count). The molecule has 0 aliphatic carbocycles. The lowest BCUT2D eigenvalue weighted by Crippen LogP contribution is -2.17. The number of rotatable bonds is 3. The van der Waals surface area contributed by atoms with Crippen LogP contribution in [0.3, 0.4) is 0 Å². The van der Waals surface area contributed by atoms with Gasteiger partial charge in [0.1, 0.15) is 5.82 Å². The molecule has 1 nitrogen and oxygen atoms in total. The smallest absolute Gasteiger partial charge is 0.127 e. The third-order valence-corrected chi connectivity index (χ3v) is 3.04. The standard InChI is InChI=1S/C11H15BrFNS/c1-11(2,3)15-14-7-8-6-9(12)4-5-10(8)13/h4-6,14H,7H2,1-3H3. The Balaban J connectivity index is 2.54. The monoisotopic (exact) mass is 291 g/mol. The maximum absolute atomic E-state index is 13.3. The van der Waals surface area contributed by atoms with E-state index >= 15 is 0 Å². The molecule has 0 spiro atoms. The Kier molecular flexibility index (Phi) is 4.62. The molecular weight excluding hydrogens is 277 g/mol. The topological polar surface area (TPSA) is 12.0 Å². The number of nitrogens with one attached hydrogen (secondary N) is 1. The molecule has 1 N–H and O–H groups in total. The van der Waals surface area contributed by atoms with Gasteiger partial charge in [0.25, 0.3) is 0 Å². The van der Waals surface area contributed by atoms with Gasteiger partial charge in [-0.2, -0.15) is 0 Å². The highest BCUT2D eigenvalue weighted by atomic mass is 79.9. The molecule has 0 amide bonds. The molecular formula is C11H15BrFNS. The lowest BCUT2D eigenvalue weighted by atomic mass is 10.2. The van der Waals surface area contributed by atoms with Crippen molar-refractivity contribution in [2.24, 2.45) is 0 Å². The molecule has 0 saturated heterocycles. The van der Waals surface area contributed by atoms with E-state index in [9.17, 15) is 4.39 Å². The van der Waals surface area contributed by atoms with Gasteiger partial charge in [0.15, 0.2) is 0 Å². The van der Waals surface area contributed by atoms with Crippen LogP contribution in [-0.2, 0) is 6.54 Å². The summed E-state index contributed by atoms with van der Waals surface area (Å²) in [5.41, 5.74) is 0.682. The van der Waals surface area contributed by atoms with E-state index in [-0.39, 0.29) is 10.6 Å². The van der Waals surface area contributed by atoms with E-state index in [0.29, 0.717) is 12.1 Å². The van der Waals surface area contributed by atoms with E-state index in [4.69, 9.17) is 0 Å². The van der Waals surface area contributed by atoms with Gasteiger partial charge in [-0.15, -0.1) is 0 Å². The highest BCUT2D eigenvalue weighted by Gasteiger charge is 2.10. The van der Waals surface area contributed by atoms with Crippen LogP contribution in [0.4, 0.5) is 4.39 Å². The summed E-state index contributed by atoms with van der Waals surface area (Å²) >= 11 is 4.94. The average Bonchev–Trinajstić information content (AvgIpc) is 2.09. The Morgan fingerprint density at radius 2 is 2.07 bits per heavy atom. The van der Waals surface area contributed by atoms with E-state index in [1.807, 2.05) is 0 Å². The van der Waals surface area contributed by atoms with Crippen LogP contribution in [-0.4, -0.2) is 4.75 Å². The van der Waals surface area contributed by atoms with E-state index < -0.39 is 0 Å². The SMILES string of the molecule is CC(C)(C)SNCc1cc(Br)ccc1F. The van der Waals surface area contributed by atoms with Gasteiger partial charge >= 0.3 is 0 Å². The first-order valence-electron chi connectivity index (χ1n) is 4.73. The fourth-order valence-corrected chi connectivity index (χ4v) is 2.08. The van der Waals surface area contributed by atoms with E-state index in [1.165, 1.54) is 6.07 Å². The van der Waals surface area contributed by atoms with Crippen LogP contribution in [0.1, 0.15) is 26.3 Å². The molecule has 0 atom stereocenters. The zero-order valence-electron chi connectivity index (χ0n) is 9.10. The third-order valence-electron chi connectivity index (χ3n) is 1.65. The second kappa shape index (κ2) is 5.32. The fourth-order valence-electron chi connectivity index (χ4n) is 1.01. The number of hydrogen-bond acceptors (Lipinski definition) is 2. The van der Waals surface area contributed by atoms with Gasteiger partial charge in [-0.25, -0.2) is 4.39 Å². The minimum absolute atomic E-state index is 0.141. The Bertz CT molecular complexity index is 336. The second-order valence-corrected chi connectivity index (χ2v) is 6.90. The lowest BCUT2D eigenvalue weighted by molar-refractivity contribution is 0.607. The van der Waals surface area contributed by atoms with Crippen LogP contribution in [0.2, 0.25) is 0 Å². The van der Waals surface area contributed by atoms with Crippen LogP contribution in [0.25, 0.3) is 0 Å². The highest BCUT2D eigenvalue weighted by Crippen LogP contribution is 2.21. The summed E-state index contributed by atoms with van der Waals surface area (Å²) in [6, 6.07) is 4.98. The van der Waals surface area contributed by atoms with Crippen molar-refractivity contribution in [1.29, 1.82) is 0 Å². The van der Waals surface area contributed by atoms with Crippen molar-refractivity contribution in [3.8, 4) is 0 Å². The molecule has 0 unspecified atom stereocenters. The predicted molar refractivity (Wildman–Crippen MR) is 68.3 cm³/mol. The molecule has 4 heteroatoms. The summed E-state index contributed by atoms with van der Waals surface area (Å²) < 4.78 is 17.5. The maximum Gasteiger partial charge on any atom is 0.127 e. The maximum atomic E-state index is 13.3. The molecule has 84 valence electrons. The van der Waals surface area contributed by atoms with Gasteiger partial charge in [-0.05, 0) is 39.0 Å². The molecule has 1 aromatic carbocycles. The number of halogens is 2. The van der Waals surface area contributed by atoms with Crippen LogP contribution in [0, 0.1) is 5.82 Å². The Morgan fingerprint density at radius 3 is 2.67 bits per heavy atom. The first kappa shape index (κ1) is 13.0. The molecule has 1 aromatic rings. The minimum Gasteiger partial charge on any atom is -0.259 e. The summed E-state index contributed by atoms with van der Waals surface area (Å²) in [6.07, 6.45) is 0. The molecule has 0 bridgehead atoms. The van der Waals surface area contributed by atoms with Crippen molar-refractivity contribution < 1.29 is 4.39 Å². The summed E-state index contributed by atoms with van der Waals surface area (Å²) in [7, 11) is 0. The molecule has 0 fully saturated rings. The fraction of sp³-hybridized carbons (Fsp3) is 0.455. The second-order valence-electron chi connectivity index (χ2n) is 4.27. The van der Waals surface area contributed by atoms with Crippen LogP contribution in [0.5, 0.6) is 0 Å². The summed E-state index contributed by atoms with van der Waals surface area (Å²) in [5.74, 6) is -0.166. The molecule has 0 aromatic heterocycles. The molecule has 15 heavy (non-hydrogen) atoms. The quantitative estimate of drug-likeness (QED) is 0.841. The molecule has 0 radical (unpaired) electrons. The van der Waals surface area contributed by atoms with Crippen molar-refractivity contribution in [1.82, 2.24) is 4.72 Å². The number of benzene rings is 1. The zero-order chi connectivity index (χ0) is 11.5. The van der Waals surface area contributed by atoms with E-state index in [1.54, 1.807) is 24.1 Å². The Hall–Kier alpha value is -0.0600. The van der Waals surface area contributed by atoms with Crippen LogP contribution < -0.4 is 4.72 Å². The Morgan fingerprint density at radius 1 is 1.40 bits per heavy atom. The predicted octanol–water partition coefficient (Wildman–Crippen LogP) is 4.12. The van der Waals surface area contributed by atoms with Gasteiger partial charge < -0.3 is 0 Å². The zero-order valence-corrected chi connectivity index (χ0v) is 11.5. The number of hydrogen-bond donors (Lipinski definition) is 1. The molecule has 0 saturated carbocycles. The first-order chi connectivity index (χ1) is 6.88. The normalized spacial score (nSPS) is 11.8. The molecule has 0 aliphatic heterocycles. The third kappa shape index (κ3) is 5.00. The summed E-state index contributed by atoms with van der Waals surface area (Å²) in [4.78, 5) is 0. The highest BCUT2D eigenvalue weighted by molar-refractivity contribution is 9.10. The summed E-state index contributed by atoms with van der Waals surface area (Å²) in [5, 5.41) is 0. The van der Waals surface area contributed by atoms with Crippen molar-refractivity contribution >= 4 is 27.9 Å². The van der Waals surface area contributed by atoms with Gasteiger partial charge in [-0.1, -0.05) is 27.9 Å². The van der Waals surface area contributed by atoms with Crippen molar-refractivity contribution in [2.75, 3.05) is 0 Å². The Labute approximate surface area is 103 Å². The van der Waals surface area contributed by atoms with Crippen molar-refractivity contribution in [2.45, 2.75) is 32.1 Å². The summed E-state index contributed by atoms with van der Waals surface area (Å²) in [6.45, 7) is 6.87. The minimum atomic E-state index is -0.166. The van der Waals surface area contributed by atoms with Gasteiger partial charge in [0.2, 0.25) is 0 Å². The molecule has 0 heterocycles. The van der Waals surface area contributed by atoms with E-state index in [2.05, 4.69) is 41.4 Å².